The summed E-state index contributed by atoms with van der Waals surface area (Å²) in [6.45, 7) is 1.60. The van der Waals surface area contributed by atoms with E-state index in [1.54, 1.807) is 19.1 Å². The zero-order chi connectivity index (χ0) is 13.1. The lowest BCUT2D eigenvalue weighted by Crippen LogP contribution is -2.12. The van der Waals surface area contributed by atoms with Gasteiger partial charge in [-0.25, -0.2) is 9.37 Å². The predicted octanol–water partition coefficient (Wildman–Crippen LogP) is 3.43. The first kappa shape index (κ1) is 12.5. The Morgan fingerprint density at radius 1 is 1.39 bits per heavy atom. The molecule has 18 heavy (non-hydrogen) atoms. The summed E-state index contributed by atoms with van der Waals surface area (Å²) in [5.41, 5.74) is 1.21. The van der Waals surface area contributed by atoms with E-state index < -0.39 is 0 Å². The molecule has 0 fully saturated rings. The van der Waals surface area contributed by atoms with Crippen LogP contribution >= 0.6 is 11.6 Å². The second-order valence-corrected chi connectivity index (χ2v) is 4.12. The molecule has 2 aromatic rings. The number of anilines is 1. The zero-order valence-electron chi connectivity index (χ0n) is 9.58. The maximum absolute atomic E-state index is 13.1. The SMILES string of the molecule is Cc1cc(C(=O)Nc2cccnc2Cl)ccc1F. The van der Waals surface area contributed by atoms with Gasteiger partial charge in [0.15, 0.2) is 5.15 Å². The Morgan fingerprint density at radius 2 is 2.17 bits per heavy atom. The van der Waals surface area contributed by atoms with E-state index in [0.717, 1.165) is 0 Å². The highest BCUT2D eigenvalue weighted by Gasteiger charge is 2.10. The Balaban J connectivity index is 2.22. The number of aryl methyl sites for hydroxylation is 1. The minimum atomic E-state index is -0.354. The van der Waals surface area contributed by atoms with Crippen molar-refractivity contribution >= 4 is 23.2 Å². The molecule has 2 rings (SSSR count). The average molecular weight is 265 g/mol. The number of nitrogens with one attached hydrogen (secondary N) is 1. The van der Waals surface area contributed by atoms with Crippen LogP contribution in [-0.4, -0.2) is 10.9 Å². The highest BCUT2D eigenvalue weighted by atomic mass is 35.5. The Morgan fingerprint density at radius 3 is 2.83 bits per heavy atom. The van der Waals surface area contributed by atoms with E-state index in [1.807, 2.05) is 0 Å². The molecule has 5 heteroatoms. The lowest BCUT2D eigenvalue weighted by molar-refractivity contribution is 0.102. The molecule has 1 aromatic heterocycles. The Kier molecular flexibility index (Phi) is 3.58. The lowest BCUT2D eigenvalue weighted by Gasteiger charge is -2.07. The van der Waals surface area contributed by atoms with Gasteiger partial charge in [-0.2, -0.15) is 0 Å². The van der Waals surface area contributed by atoms with E-state index in [2.05, 4.69) is 10.3 Å². The third-order valence-electron chi connectivity index (χ3n) is 2.43. The summed E-state index contributed by atoms with van der Waals surface area (Å²) in [6.07, 6.45) is 1.53. The van der Waals surface area contributed by atoms with Gasteiger partial charge in [-0.3, -0.25) is 4.79 Å². The topological polar surface area (TPSA) is 42.0 Å². The minimum Gasteiger partial charge on any atom is -0.319 e. The number of pyridine rings is 1. The van der Waals surface area contributed by atoms with Crippen molar-refractivity contribution < 1.29 is 9.18 Å². The van der Waals surface area contributed by atoms with E-state index in [4.69, 9.17) is 11.6 Å². The normalized spacial score (nSPS) is 10.2. The first-order valence-electron chi connectivity index (χ1n) is 5.26. The Bertz CT molecular complexity index is 601. The Hall–Kier alpha value is -1.94. The monoisotopic (exact) mass is 264 g/mol. The van der Waals surface area contributed by atoms with Crippen LogP contribution in [-0.2, 0) is 0 Å². The van der Waals surface area contributed by atoms with Crippen molar-refractivity contribution in [2.24, 2.45) is 0 Å². The highest BCUT2D eigenvalue weighted by Crippen LogP contribution is 2.19. The van der Waals surface area contributed by atoms with Crippen LogP contribution in [0.25, 0.3) is 0 Å². The van der Waals surface area contributed by atoms with Gasteiger partial charge in [0.05, 0.1) is 5.69 Å². The van der Waals surface area contributed by atoms with Gasteiger partial charge in [0.25, 0.3) is 5.91 Å². The highest BCUT2D eigenvalue weighted by molar-refractivity contribution is 6.32. The molecule has 1 heterocycles. The standard InChI is InChI=1S/C13H10ClFN2O/c1-8-7-9(4-5-10(8)15)13(18)17-11-3-2-6-16-12(11)14/h2-7H,1H3,(H,17,18). The molecular formula is C13H10ClFN2O. The van der Waals surface area contributed by atoms with Crippen molar-refractivity contribution in [2.75, 3.05) is 5.32 Å². The molecule has 0 saturated carbocycles. The summed E-state index contributed by atoms with van der Waals surface area (Å²) in [7, 11) is 0. The Labute approximate surface area is 109 Å². The molecular weight excluding hydrogens is 255 g/mol. The molecule has 0 spiro atoms. The van der Waals surface area contributed by atoms with Gasteiger partial charge in [0, 0.05) is 11.8 Å². The number of benzene rings is 1. The first-order chi connectivity index (χ1) is 8.58. The second kappa shape index (κ2) is 5.14. The summed E-state index contributed by atoms with van der Waals surface area (Å²) in [4.78, 5) is 15.8. The molecule has 3 nitrogen and oxygen atoms in total. The van der Waals surface area contributed by atoms with Gasteiger partial charge in [-0.15, -0.1) is 0 Å². The summed E-state index contributed by atoms with van der Waals surface area (Å²) in [5, 5.41) is 2.83. The summed E-state index contributed by atoms with van der Waals surface area (Å²) >= 11 is 5.83. The van der Waals surface area contributed by atoms with Crippen molar-refractivity contribution in [3.05, 3.63) is 58.6 Å². The molecule has 0 aliphatic rings. The number of rotatable bonds is 2. The second-order valence-electron chi connectivity index (χ2n) is 3.76. The molecule has 0 atom stereocenters. The molecule has 0 unspecified atom stereocenters. The van der Waals surface area contributed by atoms with Crippen LogP contribution in [0.5, 0.6) is 0 Å². The molecule has 0 radical (unpaired) electrons. The quantitative estimate of drug-likeness (QED) is 0.845. The van der Waals surface area contributed by atoms with Crippen LogP contribution < -0.4 is 5.32 Å². The molecule has 1 amide bonds. The predicted molar refractivity (Wildman–Crippen MR) is 68.3 cm³/mol. The summed E-state index contributed by atoms with van der Waals surface area (Å²) in [5.74, 6) is -0.695. The van der Waals surface area contributed by atoms with E-state index in [1.165, 1.54) is 24.4 Å². The van der Waals surface area contributed by atoms with E-state index in [-0.39, 0.29) is 16.9 Å². The molecule has 92 valence electrons. The maximum Gasteiger partial charge on any atom is 0.255 e. The number of hydrogen-bond acceptors (Lipinski definition) is 2. The van der Waals surface area contributed by atoms with Crippen LogP contribution in [0.2, 0.25) is 5.15 Å². The van der Waals surface area contributed by atoms with Crippen LogP contribution in [0, 0.1) is 12.7 Å². The van der Waals surface area contributed by atoms with Crippen molar-refractivity contribution in [1.82, 2.24) is 4.98 Å². The van der Waals surface area contributed by atoms with Crippen LogP contribution in [0.4, 0.5) is 10.1 Å². The molecule has 0 bridgehead atoms. The molecule has 0 aliphatic carbocycles. The number of carbonyl (C=O) groups excluding carboxylic acids is 1. The van der Waals surface area contributed by atoms with E-state index >= 15 is 0 Å². The number of amides is 1. The van der Waals surface area contributed by atoms with Gasteiger partial charge < -0.3 is 5.32 Å². The largest absolute Gasteiger partial charge is 0.319 e. The number of halogens is 2. The number of nitrogens with zero attached hydrogens (tertiary/aromatic N) is 1. The van der Waals surface area contributed by atoms with Crippen LogP contribution in [0.3, 0.4) is 0 Å². The van der Waals surface area contributed by atoms with Crippen molar-refractivity contribution in [3.63, 3.8) is 0 Å². The fourth-order valence-corrected chi connectivity index (χ4v) is 1.63. The lowest BCUT2D eigenvalue weighted by atomic mass is 10.1. The van der Waals surface area contributed by atoms with Crippen LogP contribution in [0.1, 0.15) is 15.9 Å². The van der Waals surface area contributed by atoms with Crippen molar-refractivity contribution in [2.45, 2.75) is 6.92 Å². The molecule has 1 aromatic carbocycles. The third-order valence-corrected chi connectivity index (χ3v) is 2.73. The smallest absolute Gasteiger partial charge is 0.255 e. The summed E-state index contributed by atoms with van der Waals surface area (Å²) in [6, 6.07) is 7.47. The summed E-state index contributed by atoms with van der Waals surface area (Å²) < 4.78 is 13.1. The maximum atomic E-state index is 13.1. The number of carbonyl (C=O) groups is 1. The number of aromatic nitrogens is 1. The fraction of sp³-hybridized carbons (Fsp3) is 0.0769. The fourth-order valence-electron chi connectivity index (χ4n) is 1.46. The minimum absolute atomic E-state index is 0.213. The molecule has 0 saturated heterocycles. The molecule has 1 N–H and O–H groups in total. The first-order valence-corrected chi connectivity index (χ1v) is 5.64. The number of hydrogen-bond donors (Lipinski definition) is 1. The van der Waals surface area contributed by atoms with Gasteiger partial charge >= 0.3 is 0 Å². The van der Waals surface area contributed by atoms with Crippen LogP contribution in [0.15, 0.2) is 36.5 Å². The van der Waals surface area contributed by atoms with Crippen molar-refractivity contribution in [1.29, 1.82) is 0 Å². The van der Waals surface area contributed by atoms with Gasteiger partial charge in [-0.05, 0) is 42.8 Å². The van der Waals surface area contributed by atoms with Gasteiger partial charge in [0.2, 0.25) is 0 Å². The van der Waals surface area contributed by atoms with Gasteiger partial charge in [0.1, 0.15) is 5.82 Å². The third kappa shape index (κ3) is 2.65. The van der Waals surface area contributed by atoms with Gasteiger partial charge in [-0.1, -0.05) is 11.6 Å². The average Bonchev–Trinajstić information content (AvgIpc) is 2.35. The van der Waals surface area contributed by atoms with Crippen molar-refractivity contribution in [3.8, 4) is 0 Å². The molecule has 0 aliphatic heterocycles. The van der Waals surface area contributed by atoms with E-state index in [9.17, 15) is 9.18 Å². The zero-order valence-corrected chi connectivity index (χ0v) is 10.3. The van der Waals surface area contributed by atoms with E-state index in [0.29, 0.717) is 16.8 Å².